The van der Waals surface area contributed by atoms with Crippen LogP contribution in [0.4, 0.5) is 4.39 Å². The minimum Gasteiger partial charge on any atom is -0.478 e. The van der Waals surface area contributed by atoms with Crippen LogP contribution in [0, 0.1) is 5.82 Å². The molecule has 0 fully saturated rings. The molecule has 2 aromatic carbocycles. The second kappa shape index (κ2) is 10.2. The maximum atomic E-state index is 13.4. The average Bonchev–Trinajstić information content (AvgIpc) is 3.23. The molecule has 3 N–H and O–H groups in total. The number of carboxylic acids is 1. The van der Waals surface area contributed by atoms with Crippen LogP contribution in [0.25, 0.3) is 10.2 Å². The summed E-state index contributed by atoms with van der Waals surface area (Å²) >= 11 is 4.32. The van der Waals surface area contributed by atoms with E-state index in [0.717, 1.165) is 5.56 Å². The first-order chi connectivity index (χ1) is 16.3. The van der Waals surface area contributed by atoms with Crippen molar-refractivity contribution in [3.63, 3.8) is 0 Å². The number of H-pyrrole nitrogens is 1. The van der Waals surface area contributed by atoms with E-state index in [1.165, 1.54) is 29.5 Å². The van der Waals surface area contributed by atoms with Gasteiger partial charge in [0.1, 0.15) is 10.6 Å². The number of amides is 1. The van der Waals surface area contributed by atoms with Crippen molar-refractivity contribution in [2.45, 2.75) is 19.8 Å². The lowest BCUT2D eigenvalue weighted by Gasteiger charge is -2.06. The van der Waals surface area contributed by atoms with Crippen LogP contribution in [-0.2, 0) is 24.5 Å². The molecule has 8 nitrogen and oxygen atoms in total. The lowest BCUT2D eigenvalue weighted by molar-refractivity contribution is 0.0696. The van der Waals surface area contributed by atoms with E-state index in [1.54, 1.807) is 29.6 Å². The monoisotopic (exact) mass is 545 g/mol. The average molecular weight is 546 g/mol. The van der Waals surface area contributed by atoms with Crippen LogP contribution < -0.4 is 10.9 Å². The number of nitrogens with one attached hydrogen (secondary N) is 2. The molecule has 0 saturated carbocycles. The highest BCUT2D eigenvalue weighted by Crippen LogP contribution is 2.22. The number of nitrogens with zero attached hydrogens (tertiary/aromatic N) is 1. The molecule has 0 aliphatic carbocycles. The number of halogens is 2. The highest BCUT2D eigenvalue weighted by molar-refractivity contribution is 9.10. The minimum absolute atomic E-state index is 0.119. The Kier molecular flexibility index (Phi) is 7.15. The molecule has 0 aliphatic heterocycles. The van der Waals surface area contributed by atoms with Gasteiger partial charge in [-0.1, -0.05) is 18.2 Å². The number of hydrogen-bond acceptors (Lipinski definition) is 6. The molecule has 11 heteroatoms. The van der Waals surface area contributed by atoms with Gasteiger partial charge in [0.25, 0.3) is 11.5 Å². The summed E-state index contributed by atoms with van der Waals surface area (Å²) in [5.41, 5.74) is 1.85. The number of rotatable bonds is 8. The quantitative estimate of drug-likeness (QED) is 0.304. The molecule has 0 saturated heterocycles. The van der Waals surface area contributed by atoms with E-state index in [4.69, 9.17) is 9.84 Å². The van der Waals surface area contributed by atoms with Gasteiger partial charge >= 0.3 is 5.97 Å². The number of carbonyl (C=O) groups is 2. The van der Waals surface area contributed by atoms with Gasteiger partial charge in [-0.05, 0) is 56.7 Å². The maximum absolute atomic E-state index is 13.4. The van der Waals surface area contributed by atoms with E-state index in [9.17, 15) is 18.8 Å². The van der Waals surface area contributed by atoms with Crippen LogP contribution in [-0.4, -0.2) is 27.0 Å². The number of carbonyl (C=O) groups excluding carboxylic acids is 1. The third kappa shape index (κ3) is 5.38. The molecule has 0 unspecified atom stereocenters. The Labute approximate surface area is 204 Å². The van der Waals surface area contributed by atoms with Crippen LogP contribution in [0.2, 0.25) is 0 Å². The van der Waals surface area contributed by atoms with E-state index in [-0.39, 0.29) is 35.6 Å². The molecule has 0 aliphatic rings. The predicted molar refractivity (Wildman–Crippen MR) is 127 cm³/mol. The number of benzene rings is 2. The zero-order valence-corrected chi connectivity index (χ0v) is 19.8. The van der Waals surface area contributed by atoms with Gasteiger partial charge in [-0.15, -0.1) is 11.3 Å². The number of fused-ring (bicyclic) bond motifs is 1. The van der Waals surface area contributed by atoms with Gasteiger partial charge in [-0.25, -0.2) is 14.2 Å². The van der Waals surface area contributed by atoms with Crippen LogP contribution >= 0.6 is 27.3 Å². The summed E-state index contributed by atoms with van der Waals surface area (Å²) in [7, 11) is 0. The van der Waals surface area contributed by atoms with Gasteiger partial charge in [-0.2, -0.15) is 0 Å². The highest BCUT2D eigenvalue weighted by Gasteiger charge is 2.16. The number of ether oxygens (including phenoxy) is 1. The predicted octanol–water partition coefficient (Wildman–Crippen LogP) is 4.23. The van der Waals surface area contributed by atoms with Gasteiger partial charge in [0.15, 0.2) is 0 Å². The number of thiophene rings is 1. The normalized spacial score (nSPS) is 11.0. The van der Waals surface area contributed by atoms with E-state index in [2.05, 4.69) is 31.2 Å². The first-order valence-electron chi connectivity index (χ1n) is 9.94. The molecule has 4 aromatic rings. The third-order valence-electron chi connectivity index (χ3n) is 4.90. The van der Waals surface area contributed by atoms with Crippen LogP contribution in [0.15, 0.2) is 57.1 Å². The fourth-order valence-electron chi connectivity index (χ4n) is 3.16. The van der Waals surface area contributed by atoms with Gasteiger partial charge < -0.3 is 20.1 Å². The molecule has 0 radical (unpaired) electrons. The number of aromatic amines is 1. The standard InChI is InChI=1S/C23H17BrFN3O5S/c24-16-7-13(3-6-17(16)25)8-26-21(30)19-27-20(29)18-15(11-34-22(18)28-19)10-33-9-12-1-4-14(5-2-12)23(31)32/h1-7,11H,8-10H2,(H,26,30)(H,31,32)(H,27,28,29). The molecule has 2 aromatic heterocycles. The largest absolute Gasteiger partial charge is 0.478 e. The van der Waals surface area contributed by atoms with Crippen molar-refractivity contribution in [1.82, 2.24) is 15.3 Å². The number of aromatic nitrogens is 2. The first kappa shape index (κ1) is 23.7. The van der Waals surface area contributed by atoms with E-state index >= 15 is 0 Å². The van der Waals surface area contributed by atoms with Crippen molar-refractivity contribution in [2.24, 2.45) is 0 Å². The molecule has 0 spiro atoms. The molecule has 174 valence electrons. The molecule has 0 atom stereocenters. The Morgan fingerprint density at radius 1 is 1.15 bits per heavy atom. The van der Waals surface area contributed by atoms with Crippen molar-refractivity contribution in [1.29, 1.82) is 0 Å². The van der Waals surface area contributed by atoms with Gasteiger partial charge in [0.05, 0.1) is 28.6 Å². The summed E-state index contributed by atoms with van der Waals surface area (Å²) in [6, 6.07) is 10.7. The summed E-state index contributed by atoms with van der Waals surface area (Å²) in [5.74, 6) is -2.08. The third-order valence-corrected chi connectivity index (χ3v) is 6.43. The van der Waals surface area contributed by atoms with Crippen molar-refractivity contribution >= 4 is 49.4 Å². The fraction of sp³-hybridized carbons (Fsp3) is 0.130. The Hall–Kier alpha value is -3.41. The summed E-state index contributed by atoms with van der Waals surface area (Å²) in [4.78, 5) is 43.2. The summed E-state index contributed by atoms with van der Waals surface area (Å²) in [5, 5.41) is 13.7. The highest BCUT2D eigenvalue weighted by atomic mass is 79.9. The van der Waals surface area contributed by atoms with Crippen molar-refractivity contribution in [3.8, 4) is 0 Å². The smallest absolute Gasteiger partial charge is 0.335 e. The Balaban J connectivity index is 1.41. The lowest BCUT2D eigenvalue weighted by Crippen LogP contribution is -2.27. The molecule has 0 bridgehead atoms. The summed E-state index contributed by atoms with van der Waals surface area (Å²) in [6.45, 7) is 0.523. The zero-order chi connectivity index (χ0) is 24.2. The molecule has 34 heavy (non-hydrogen) atoms. The summed E-state index contributed by atoms with van der Waals surface area (Å²) in [6.07, 6.45) is 0. The van der Waals surface area contributed by atoms with Crippen LogP contribution in [0.1, 0.15) is 37.7 Å². The Bertz CT molecular complexity index is 1440. The van der Waals surface area contributed by atoms with Gasteiger partial charge in [0, 0.05) is 12.1 Å². The first-order valence-corrected chi connectivity index (χ1v) is 11.6. The van der Waals surface area contributed by atoms with E-state index in [0.29, 0.717) is 21.3 Å². The van der Waals surface area contributed by atoms with Crippen molar-refractivity contribution in [2.75, 3.05) is 0 Å². The molecule has 2 heterocycles. The lowest BCUT2D eigenvalue weighted by atomic mass is 10.1. The van der Waals surface area contributed by atoms with E-state index in [1.807, 2.05) is 0 Å². The maximum Gasteiger partial charge on any atom is 0.335 e. The number of hydrogen-bond donors (Lipinski definition) is 3. The molecular weight excluding hydrogens is 529 g/mol. The summed E-state index contributed by atoms with van der Waals surface area (Å²) < 4.78 is 19.3. The molecule has 1 amide bonds. The van der Waals surface area contributed by atoms with Crippen LogP contribution in [0.5, 0.6) is 0 Å². The van der Waals surface area contributed by atoms with E-state index < -0.39 is 23.3 Å². The van der Waals surface area contributed by atoms with Crippen LogP contribution in [0.3, 0.4) is 0 Å². The van der Waals surface area contributed by atoms with Crippen molar-refractivity contribution < 1.29 is 23.8 Å². The minimum atomic E-state index is -1.000. The molecule has 4 rings (SSSR count). The second-order valence-corrected chi connectivity index (χ2v) is 8.99. The fourth-order valence-corrected chi connectivity index (χ4v) is 4.51. The van der Waals surface area contributed by atoms with Gasteiger partial charge in [-0.3, -0.25) is 9.59 Å². The molecular formula is C23H17BrFN3O5S. The Morgan fingerprint density at radius 2 is 1.88 bits per heavy atom. The van der Waals surface area contributed by atoms with Gasteiger partial charge in [0.2, 0.25) is 5.82 Å². The second-order valence-electron chi connectivity index (χ2n) is 7.28. The topological polar surface area (TPSA) is 121 Å². The SMILES string of the molecule is O=C(O)c1ccc(COCc2csc3nc(C(=O)NCc4ccc(F)c(Br)c4)[nH]c(=O)c23)cc1. The Morgan fingerprint density at radius 3 is 2.59 bits per heavy atom. The van der Waals surface area contributed by atoms with Crippen molar-refractivity contribution in [3.05, 3.63) is 96.6 Å². The number of aromatic carboxylic acids is 1. The zero-order valence-electron chi connectivity index (χ0n) is 17.4. The number of carboxylic acid groups (broad SMARTS) is 1.